The highest BCUT2D eigenvalue weighted by Gasteiger charge is 2.29. The number of aromatic nitrogens is 3. The van der Waals surface area contributed by atoms with Crippen molar-refractivity contribution in [1.82, 2.24) is 20.1 Å². The largest absolute Gasteiger partial charge is 0.358 e. The Hall–Kier alpha value is -3.05. The highest BCUT2D eigenvalue weighted by molar-refractivity contribution is 5.80. The third-order valence-corrected chi connectivity index (χ3v) is 5.29. The van der Waals surface area contributed by atoms with Crippen molar-refractivity contribution in [3.63, 3.8) is 0 Å². The fraction of sp³-hybridized carbons (Fsp3) is 0.182. The van der Waals surface area contributed by atoms with Gasteiger partial charge in [0.05, 0.1) is 5.69 Å². The molecule has 5 heteroatoms. The lowest BCUT2D eigenvalue weighted by molar-refractivity contribution is 0.289. The second-order valence-corrected chi connectivity index (χ2v) is 7.20. The molecule has 0 bridgehead atoms. The normalized spacial score (nSPS) is 17.2. The van der Waals surface area contributed by atoms with E-state index in [1.165, 1.54) is 0 Å². The van der Waals surface area contributed by atoms with Gasteiger partial charge in [-0.2, -0.15) is 10.2 Å². The lowest BCUT2D eigenvalue weighted by atomic mass is 9.85. The van der Waals surface area contributed by atoms with Gasteiger partial charge in [-0.1, -0.05) is 18.2 Å². The summed E-state index contributed by atoms with van der Waals surface area (Å²) < 4.78 is 15.3. The van der Waals surface area contributed by atoms with Crippen molar-refractivity contribution >= 4 is 10.9 Å². The number of nitrogens with one attached hydrogen (secondary N) is 1. The fourth-order valence-electron chi connectivity index (χ4n) is 4.09. The van der Waals surface area contributed by atoms with Crippen molar-refractivity contribution in [3.05, 3.63) is 83.4 Å². The molecule has 4 aromatic rings. The molecule has 1 unspecified atom stereocenters. The van der Waals surface area contributed by atoms with Crippen LogP contribution in [0, 0.1) is 5.82 Å². The maximum Gasteiger partial charge on any atom is 0.128 e. The molecular formula is C22H19FN4. The number of hydrogen-bond donors (Lipinski definition) is 1. The van der Waals surface area contributed by atoms with Gasteiger partial charge in [-0.15, -0.1) is 0 Å². The van der Waals surface area contributed by atoms with Crippen LogP contribution in [0.15, 0.2) is 60.8 Å². The Morgan fingerprint density at radius 3 is 2.81 bits per heavy atom. The smallest absolute Gasteiger partial charge is 0.128 e. The molecule has 0 saturated heterocycles. The summed E-state index contributed by atoms with van der Waals surface area (Å²) in [7, 11) is 2.07. The predicted molar refractivity (Wildman–Crippen MR) is 104 cm³/mol. The van der Waals surface area contributed by atoms with Gasteiger partial charge in [0, 0.05) is 47.5 Å². The van der Waals surface area contributed by atoms with E-state index >= 15 is 4.39 Å². The Morgan fingerprint density at radius 1 is 1.11 bits per heavy atom. The van der Waals surface area contributed by atoms with Gasteiger partial charge in [0.1, 0.15) is 5.82 Å². The van der Waals surface area contributed by atoms with E-state index in [0.29, 0.717) is 5.69 Å². The summed E-state index contributed by atoms with van der Waals surface area (Å²) in [6, 6.07) is 17.6. The first kappa shape index (κ1) is 16.1. The average Bonchev–Trinajstić information content (AvgIpc) is 3.12. The molecule has 1 aliphatic rings. The highest BCUT2D eigenvalue weighted by Crippen LogP contribution is 2.37. The van der Waals surface area contributed by atoms with E-state index in [0.717, 1.165) is 46.4 Å². The fourth-order valence-corrected chi connectivity index (χ4v) is 4.09. The standard InChI is InChI=1S/C22H19FN4/c1-27-12-16-9-15(20-7-4-8-24-26-20)10-18(23)22(16)17(13-27)21-11-14-5-2-3-6-19(14)25-21/h2-11,17,25H,12-13H2,1H3. The predicted octanol–water partition coefficient (Wildman–Crippen LogP) is 4.34. The summed E-state index contributed by atoms with van der Waals surface area (Å²) in [5, 5.41) is 9.20. The van der Waals surface area contributed by atoms with Crippen molar-refractivity contribution in [2.24, 2.45) is 0 Å². The number of nitrogens with zero attached hydrogens (tertiary/aromatic N) is 3. The number of likely N-dealkylation sites (N-methyl/N-ethyl adjacent to an activating group) is 1. The number of hydrogen-bond acceptors (Lipinski definition) is 3. The van der Waals surface area contributed by atoms with E-state index in [1.807, 2.05) is 30.3 Å². The van der Waals surface area contributed by atoms with Gasteiger partial charge in [0.15, 0.2) is 0 Å². The summed E-state index contributed by atoms with van der Waals surface area (Å²) >= 11 is 0. The first-order valence-corrected chi connectivity index (χ1v) is 9.05. The van der Waals surface area contributed by atoms with E-state index in [1.54, 1.807) is 12.3 Å². The summed E-state index contributed by atoms with van der Waals surface area (Å²) in [6.07, 6.45) is 1.62. The summed E-state index contributed by atoms with van der Waals surface area (Å²) in [4.78, 5) is 5.72. The van der Waals surface area contributed by atoms with Crippen molar-refractivity contribution in [2.75, 3.05) is 13.6 Å². The van der Waals surface area contributed by atoms with Gasteiger partial charge >= 0.3 is 0 Å². The minimum Gasteiger partial charge on any atom is -0.358 e. The second-order valence-electron chi connectivity index (χ2n) is 7.20. The molecule has 134 valence electrons. The minimum atomic E-state index is -0.176. The van der Waals surface area contributed by atoms with Gasteiger partial charge in [0.25, 0.3) is 0 Å². The molecule has 5 rings (SSSR count). The number of aromatic amines is 1. The van der Waals surface area contributed by atoms with Crippen LogP contribution in [0.5, 0.6) is 0 Å². The van der Waals surface area contributed by atoms with Crippen LogP contribution in [-0.2, 0) is 6.54 Å². The summed E-state index contributed by atoms with van der Waals surface area (Å²) in [5.74, 6) is -0.202. The molecule has 0 radical (unpaired) electrons. The molecule has 1 N–H and O–H groups in total. The van der Waals surface area contributed by atoms with Gasteiger partial charge in [0.2, 0.25) is 0 Å². The van der Waals surface area contributed by atoms with Gasteiger partial charge in [-0.05, 0) is 54.4 Å². The summed E-state index contributed by atoms with van der Waals surface area (Å²) in [6.45, 7) is 1.50. The maximum absolute atomic E-state index is 15.3. The highest BCUT2D eigenvalue weighted by atomic mass is 19.1. The zero-order valence-corrected chi connectivity index (χ0v) is 15.0. The number of benzene rings is 2. The zero-order chi connectivity index (χ0) is 18.4. The number of H-pyrrole nitrogens is 1. The molecule has 0 amide bonds. The number of fused-ring (bicyclic) bond motifs is 2. The molecule has 1 atom stereocenters. The van der Waals surface area contributed by atoms with Crippen molar-refractivity contribution in [2.45, 2.75) is 12.5 Å². The van der Waals surface area contributed by atoms with E-state index in [4.69, 9.17) is 0 Å². The summed E-state index contributed by atoms with van der Waals surface area (Å²) in [5.41, 5.74) is 5.38. The zero-order valence-electron chi connectivity index (χ0n) is 15.0. The Kier molecular flexibility index (Phi) is 3.76. The molecular weight excluding hydrogens is 339 g/mol. The Labute approximate surface area is 156 Å². The van der Waals surface area contributed by atoms with Crippen molar-refractivity contribution < 1.29 is 4.39 Å². The molecule has 0 aliphatic carbocycles. The molecule has 4 nitrogen and oxygen atoms in total. The van der Waals surface area contributed by atoms with E-state index in [9.17, 15) is 0 Å². The Morgan fingerprint density at radius 2 is 2.00 bits per heavy atom. The third-order valence-electron chi connectivity index (χ3n) is 5.29. The van der Waals surface area contributed by atoms with Crippen molar-refractivity contribution in [3.8, 4) is 11.3 Å². The van der Waals surface area contributed by atoms with Crippen LogP contribution in [0.2, 0.25) is 0 Å². The average molecular weight is 358 g/mol. The van der Waals surface area contributed by atoms with Crippen LogP contribution < -0.4 is 0 Å². The van der Waals surface area contributed by atoms with Gasteiger partial charge in [-0.3, -0.25) is 0 Å². The first-order valence-electron chi connectivity index (χ1n) is 9.05. The number of halogens is 1. The van der Waals surface area contributed by atoms with Crippen molar-refractivity contribution in [1.29, 1.82) is 0 Å². The lowest BCUT2D eigenvalue weighted by Crippen LogP contribution is -2.32. The van der Waals surface area contributed by atoms with E-state index in [2.05, 4.69) is 45.3 Å². The molecule has 3 heterocycles. The van der Waals surface area contributed by atoms with Crippen LogP contribution >= 0.6 is 0 Å². The topological polar surface area (TPSA) is 44.8 Å². The maximum atomic E-state index is 15.3. The first-order chi connectivity index (χ1) is 13.2. The Bertz CT molecular complexity index is 1090. The third kappa shape index (κ3) is 2.80. The number of rotatable bonds is 2. The van der Waals surface area contributed by atoms with Crippen LogP contribution in [0.4, 0.5) is 4.39 Å². The van der Waals surface area contributed by atoms with Gasteiger partial charge in [-0.25, -0.2) is 4.39 Å². The van der Waals surface area contributed by atoms with E-state index in [-0.39, 0.29) is 11.7 Å². The monoisotopic (exact) mass is 358 g/mol. The number of para-hydroxylation sites is 1. The lowest BCUT2D eigenvalue weighted by Gasteiger charge is -2.32. The van der Waals surface area contributed by atoms with Crippen LogP contribution in [0.25, 0.3) is 22.2 Å². The molecule has 0 fully saturated rings. The van der Waals surface area contributed by atoms with E-state index < -0.39 is 0 Å². The second kappa shape index (κ2) is 6.28. The van der Waals surface area contributed by atoms with Crippen LogP contribution in [0.1, 0.15) is 22.7 Å². The minimum absolute atomic E-state index is 0.0259. The molecule has 27 heavy (non-hydrogen) atoms. The quantitative estimate of drug-likeness (QED) is 0.580. The van der Waals surface area contributed by atoms with Gasteiger partial charge < -0.3 is 9.88 Å². The molecule has 0 spiro atoms. The SMILES string of the molecule is CN1Cc2cc(-c3cccnn3)cc(F)c2C(c2cc3ccccc3[nH]2)C1. The molecule has 2 aromatic carbocycles. The van der Waals surface area contributed by atoms with Crippen LogP contribution in [-0.4, -0.2) is 33.7 Å². The molecule has 2 aromatic heterocycles. The Balaban J connectivity index is 1.64. The van der Waals surface area contributed by atoms with Crippen LogP contribution in [0.3, 0.4) is 0 Å². The molecule has 1 aliphatic heterocycles. The molecule has 0 saturated carbocycles.